The summed E-state index contributed by atoms with van der Waals surface area (Å²) in [6.07, 6.45) is 1.24. The molecule has 0 aliphatic carbocycles. The maximum Gasteiger partial charge on any atom is 0.255 e. The molecule has 7 rings (SSSR count). The van der Waals surface area contributed by atoms with E-state index in [0.717, 1.165) is 26.6 Å². The third-order valence-corrected chi connectivity index (χ3v) is 11.4. The van der Waals surface area contributed by atoms with Gasteiger partial charge in [-0.1, -0.05) is 29.8 Å². The normalized spacial score (nSPS) is 17.4. The summed E-state index contributed by atoms with van der Waals surface area (Å²) in [5, 5.41) is 15.4. The number of aliphatic imine (C=N–C) groups is 1. The number of carbonyl (C=O) groups excluding carboxylic acids is 6. The number of nitrogens with zero attached hydrogens (tertiary/aromatic N) is 5. The Labute approximate surface area is 324 Å². The average molecular weight is 784 g/mol. The number of piperidine rings is 1. The van der Waals surface area contributed by atoms with Crippen LogP contribution in [0.2, 0.25) is 5.02 Å². The summed E-state index contributed by atoms with van der Waals surface area (Å²) < 4.78 is 1.94. The number of benzene rings is 2. The lowest BCUT2D eigenvalue weighted by atomic mass is 9.99. The van der Waals surface area contributed by atoms with Crippen LogP contribution >= 0.6 is 22.9 Å². The highest BCUT2D eigenvalue weighted by Crippen LogP contribution is 2.40. The smallest absolute Gasteiger partial charge is 0.255 e. The van der Waals surface area contributed by atoms with E-state index in [1.54, 1.807) is 41.7 Å². The molecule has 6 amide bonds. The van der Waals surface area contributed by atoms with Gasteiger partial charge in [-0.05, 0) is 69.9 Å². The molecule has 1 saturated heterocycles. The van der Waals surface area contributed by atoms with Gasteiger partial charge in [-0.25, -0.2) is 0 Å². The molecule has 5 heterocycles. The molecule has 17 heteroatoms. The molecule has 4 N–H and O–H groups in total. The van der Waals surface area contributed by atoms with Crippen LogP contribution in [0.5, 0.6) is 0 Å². The Morgan fingerprint density at radius 3 is 2.42 bits per heavy atom. The summed E-state index contributed by atoms with van der Waals surface area (Å²) in [4.78, 5) is 83.4. The largest absolute Gasteiger partial charge is 0.326 e. The number of unbranched alkanes of at least 4 members (excludes halogenated alkanes) is 1. The molecule has 284 valence electrons. The molecule has 2 aromatic heterocycles. The van der Waals surface area contributed by atoms with Crippen LogP contribution in [0.3, 0.4) is 0 Å². The van der Waals surface area contributed by atoms with E-state index in [9.17, 15) is 28.8 Å². The van der Waals surface area contributed by atoms with E-state index in [2.05, 4.69) is 38.6 Å². The monoisotopic (exact) mass is 783 g/mol. The predicted octanol–water partition coefficient (Wildman–Crippen LogP) is 4.30. The third kappa shape index (κ3) is 7.64. The number of nitrogens with one attached hydrogen (secondary N) is 4. The highest BCUT2D eigenvalue weighted by molar-refractivity contribution is 7.15. The van der Waals surface area contributed by atoms with Gasteiger partial charge in [0.1, 0.15) is 22.9 Å². The fourth-order valence-electron chi connectivity index (χ4n) is 7.05. The van der Waals surface area contributed by atoms with Crippen molar-refractivity contribution in [1.82, 2.24) is 35.8 Å². The lowest BCUT2D eigenvalue weighted by molar-refractivity contribution is -0.137. The first kappa shape index (κ1) is 37.6. The van der Waals surface area contributed by atoms with E-state index in [-0.39, 0.29) is 56.4 Å². The number of aromatic nitrogens is 3. The van der Waals surface area contributed by atoms with E-state index in [1.165, 1.54) is 4.90 Å². The first-order chi connectivity index (χ1) is 26.4. The zero-order valence-electron chi connectivity index (χ0n) is 30.3. The van der Waals surface area contributed by atoms with Gasteiger partial charge in [-0.15, -0.1) is 21.5 Å². The number of anilines is 1. The highest BCUT2D eigenvalue weighted by Gasteiger charge is 2.40. The van der Waals surface area contributed by atoms with Crippen LogP contribution < -0.4 is 21.5 Å². The second-order valence-corrected chi connectivity index (χ2v) is 15.3. The van der Waals surface area contributed by atoms with Crippen LogP contribution in [0.25, 0.3) is 5.00 Å². The number of halogens is 1. The Morgan fingerprint density at radius 1 is 0.945 bits per heavy atom. The fraction of sp³-hybridized carbons (Fsp3) is 0.342. The van der Waals surface area contributed by atoms with E-state index < -0.39 is 29.8 Å². The van der Waals surface area contributed by atoms with E-state index in [0.29, 0.717) is 52.0 Å². The molecule has 1 fully saturated rings. The quantitative estimate of drug-likeness (QED) is 0.104. The minimum Gasteiger partial charge on any atom is -0.326 e. The van der Waals surface area contributed by atoms with Crippen LogP contribution in [-0.2, 0) is 30.5 Å². The molecule has 1 unspecified atom stereocenters. The molecule has 4 aromatic rings. The standard InChI is InChI=1S/C38H38ClN9O6S/c1-19-20(2)55-38-33(19)34(22-11-13-23(39)14-12-22)41-27(35-46-43-21(3)48(35)38)17-32(52)45-44-31(51)10-5-4-9-29(49)40-26-8-6-7-24-25(26)18-47(37(24)54)28-15-16-30(50)42-36(28)53/h6-8,11-14,27-28H,4-5,9-10,15-18H2,1-3H3,(H,40,49)(H,44,51)(H,45,52)(H,42,50,53)/t27-,28?/m0/s1. The van der Waals surface area contributed by atoms with Crippen molar-refractivity contribution in [2.24, 2.45) is 4.99 Å². The van der Waals surface area contributed by atoms with Gasteiger partial charge in [-0.2, -0.15) is 0 Å². The van der Waals surface area contributed by atoms with Crippen molar-refractivity contribution in [3.05, 3.63) is 91.8 Å². The van der Waals surface area contributed by atoms with Crippen molar-refractivity contribution in [2.45, 2.75) is 84.3 Å². The number of amides is 6. The predicted molar refractivity (Wildman–Crippen MR) is 204 cm³/mol. The maximum atomic E-state index is 13.2. The van der Waals surface area contributed by atoms with Crippen molar-refractivity contribution >= 4 is 69.8 Å². The molecule has 2 atom stereocenters. The summed E-state index contributed by atoms with van der Waals surface area (Å²) >= 11 is 7.80. The Bertz CT molecular complexity index is 2280. The van der Waals surface area contributed by atoms with Crippen molar-refractivity contribution in [3.63, 3.8) is 0 Å². The molecule has 15 nitrogen and oxygen atoms in total. The van der Waals surface area contributed by atoms with E-state index >= 15 is 0 Å². The van der Waals surface area contributed by atoms with Gasteiger partial charge in [-0.3, -0.25) is 54.5 Å². The Hall–Kier alpha value is -5.74. The molecule has 0 bridgehead atoms. The van der Waals surface area contributed by atoms with Gasteiger partial charge in [0.2, 0.25) is 29.5 Å². The molecule has 0 saturated carbocycles. The third-order valence-electron chi connectivity index (χ3n) is 9.99. The van der Waals surface area contributed by atoms with Crippen LogP contribution in [0.1, 0.15) is 100 Å². The van der Waals surface area contributed by atoms with Gasteiger partial charge >= 0.3 is 0 Å². The van der Waals surface area contributed by atoms with Gasteiger partial charge in [0.25, 0.3) is 5.91 Å². The van der Waals surface area contributed by atoms with Crippen LogP contribution in [0.15, 0.2) is 47.5 Å². The van der Waals surface area contributed by atoms with Crippen LogP contribution in [0, 0.1) is 20.8 Å². The summed E-state index contributed by atoms with van der Waals surface area (Å²) in [6, 6.07) is 10.9. The summed E-state index contributed by atoms with van der Waals surface area (Å²) in [5.74, 6) is -1.20. The zero-order valence-corrected chi connectivity index (χ0v) is 31.9. The van der Waals surface area contributed by atoms with Crippen LogP contribution in [-0.4, -0.2) is 66.9 Å². The van der Waals surface area contributed by atoms with Crippen molar-refractivity contribution in [3.8, 4) is 5.00 Å². The Balaban J connectivity index is 0.915. The molecule has 3 aliphatic rings. The number of hydrogen-bond donors (Lipinski definition) is 4. The maximum absolute atomic E-state index is 13.2. The van der Waals surface area contributed by atoms with Crippen LogP contribution in [0.4, 0.5) is 5.69 Å². The molecule has 0 radical (unpaired) electrons. The van der Waals surface area contributed by atoms with E-state index in [4.69, 9.17) is 16.6 Å². The van der Waals surface area contributed by atoms with Gasteiger partial charge < -0.3 is 10.2 Å². The minimum absolute atomic E-state index is 0.0678. The van der Waals surface area contributed by atoms with Crippen molar-refractivity contribution in [1.29, 1.82) is 0 Å². The summed E-state index contributed by atoms with van der Waals surface area (Å²) in [7, 11) is 0. The lowest BCUT2D eigenvalue weighted by Gasteiger charge is -2.29. The Morgan fingerprint density at radius 2 is 1.67 bits per heavy atom. The average Bonchev–Trinajstić information content (AvgIpc) is 3.77. The van der Waals surface area contributed by atoms with Gasteiger partial charge in [0, 0.05) is 63.6 Å². The first-order valence-corrected chi connectivity index (χ1v) is 19.1. The number of fused-ring (bicyclic) bond motifs is 4. The van der Waals surface area contributed by atoms with Crippen molar-refractivity contribution < 1.29 is 28.8 Å². The number of rotatable bonds is 10. The number of carbonyl (C=O) groups is 6. The number of imide groups is 1. The topological polar surface area (TPSA) is 197 Å². The molecule has 2 aromatic carbocycles. The zero-order chi connectivity index (χ0) is 39.0. The number of aryl methyl sites for hydroxylation is 2. The number of hydrogen-bond acceptors (Lipinski definition) is 10. The summed E-state index contributed by atoms with van der Waals surface area (Å²) in [5.41, 5.74) is 10.00. The van der Waals surface area contributed by atoms with E-state index in [1.807, 2.05) is 30.5 Å². The second kappa shape index (κ2) is 15.5. The highest BCUT2D eigenvalue weighted by atomic mass is 35.5. The first-order valence-electron chi connectivity index (χ1n) is 17.9. The molecule has 0 spiro atoms. The summed E-state index contributed by atoms with van der Waals surface area (Å²) in [6.45, 7) is 6.08. The molecular formula is C38H38ClN9O6S. The molecular weight excluding hydrogens is 746 g/mol. The number of hydrazine groups is 1. The van der Waals surface area contributed by atoms with Gasteiger partial charge in [0.15, 0.2) is 5.82 Å². The van der Waals surface area contributed by atoms with Crippen molar-refractivity contribution in [2.75, 3.05) is 5.32 Å². The minimum atomic E-state index is -0.759. The fourth-order valence-corrected chi connectivity index (χ4v) is 8.39. The Kier molecular flexibility index (Phi) is 10.6. The second-order valence-electron chi connectivity index (χ2n) is 13.7. The van der Waals surface area contributed by atoms with Gasteiger partial charge in [0.05, 0.1) is 12.1 Å². The SMILES string of the molecule is Cc1sc2c(c1C)C(c1ccc(Cl)cc1)=N[C@@H](CC(=O)NNC(=O)CCCCC(=O)Nc1cccc3c1CN(C1CCC(=O)NC1=O)C3=O)c1nnc(C)n1-2. The molecule has 3 aliphatic heterocycles. The molecule has 55 heavy (non-hydrogen) atoms. The lowest BCUT2D eigenvalue weighted by Crippen LogP contribution is -2.52. The number of thiophene rings is 1.